The van der Waals surface area contributed by atoms with Crippen molar-refractivity contribution in [1.29, 1.82) is 0 Å². The van der Waals surface area contributed by atoms with Crippen molar-refractivity contribution in [3.8, 4) is 5.75 Å². The van der Waals surface area contributed by atoms with E-state index >= 15 is 0 Å². The number of ether oxygens (including phenoxy) is 1. The molecule has 1 fully saturated rings. The number of urea groups is 1. The number of carbonyl (C=O) groups is 3. The van der Waals surface area contributed by atoms with Gasteiger partial charge in [-0.15, -0.1) is 0 Å². The average molecular weight is 412 g/mol. The number of unbranched alkanes of at least 4 members (excludes halogenated alkanes) is 1. The number of methoxy groups -OCH3 is 1. The Morgan fingerprint density at radius 3 is 2.83 bits per heavy atom. The van der Waals surface area contributed by atoms with Crippen molar-refractivity contribution in [3.05, 3.63) is 29.5 Å². The molecule has 8 heteroatoms. The highest BCUT2D eigenvalue weighted by atomic mass is 16.5. The van der Waals surface area contributed by atoms with E-state index in [1.807, 2.05) is 25.1 Å². The minimum atomic E-state index is -1.16. The summed E-state index contributed by atoms with van der Waals surface area (Å²) in [7, 11) is 1.62. The Bertz CT molecular complexity index is 1030. The number of carbonyl (C=O) groups excluding carboxylic acids is 3. The van der Waals surface area contributed by atoms with Gasteiger partial charge in [-0.3, -0.25) is 9.59 Å². The highest BCUT2D eigenvalue weighted by Gasteiger charge is 2.60. The number of imide groups is 1. The quantitative estimate of drug-likeness (QED) is 0.563. The molecular weight excluding hydrogens is 384 g/mol. The Kier molecular flexibility index (Phi) is 4.95. The number of rotatable bonds is 6. The summed E-state index contributed by atoms with van der Waals surface area (Å²) >= 11 is 0. The van der Waals surface area contributed by atoms with Crippen LogP contribution in [0.4, 0.5) is 4.79 Å². The fourth-order valence-corrected chi connectivity index (χ4v) is 4.57. The lowest BCUT2D eigenvalue weighted by atomic mass is 9.87. The monoisotopic (exact) mass is 412 g/mol. The second-order valence-corrected chi connectivity index (χ2v) is 8.14. The van der Waals surface area contributed by atoms with Crippen LogP contribution in [0.15, 0.2) is 18.2 Å². The van der Waals surface area contributed by atoms with Crippen LogP contribution in [0.2, 0.25) is 0 Å². The normalized spacial score (nSPS) is 21.6. The molecule has 30 heavy (non-hydrogen) atoms. The molecule has 0 saturated carbocycles. The van der Waals surface area contributed by atoms with E-state index in [0.717, 1.165) is 45.7 Å². The number of benzene rings is 1. The highest BCUT2D eigenvalue weighted by molar-refractivity contribution is 6.11. The third kappa shape index (κ3) is 2.77. The molecule has 1 aromatic heterocycles. The number of nitrogens with zero attached hydrogens (tertiary/aromatic N) is 2. The Hall–Kier alpha value is -3.03. The number of aromatic amines is 1. The molecule has 4 rings (SSSR count). The highest BCUT2D eigenvalue weighted by Crippen LogP contribution is 2.45. The molecule has 160 valence electrons. The molecule has 4 amide bonds. The Morgan fingerprint density at radius 1 is 1.37 bits per heavy atom. The summed E-state index contributed by atoms with van der Waals surface area (Å²) in [6.45, 7) is 6.36. The van der Waals surface area contributed by atoms with E-state index in [9.17, 15) is 14.4 Å². The molecule has 0 unspecified atom stereocenters. The Morgan fingerprint density at radius 2 is 2.13 bits per heavy atom. The van der Waals surface area contributed by atoms with Crippen molar-refractivity contribution in [2.45, 2.75) is 51.6 Å². The van der Waals surface area contributed by atoms with E-state index in [0.29, 0.717) is 19.5 Å². The number of fused-ring (bicyclic) bond motifs is 5. The van der Waals surface area contributed by atoms with Gasteiger partial charge in [0.05, 0.1) is 12.8 Å². The number of hydrogen-bond donors (Lipinski definition) is 2. The van der Waals surface area contributed by atoms with Gasteiger partial charge < -0.3 is 19.9 Å². The number of amides is 4. The third-order valence-electron chi connectivity index (χ3n) is 6.39. The topological polar surface area (TPSA) is 94.7 Å². The molecule has 3 heterocycles. The van der Waals surface area contributed by atoms with Gasteiger partial charge in [0.2, 0.25) is 5.91 Å². The van der Waals surface area contributed by atoms with Gasteiger partial charge in [0.15, 0.2) is 5.54 Å². The summed E-state index contributed by atoms with van der Waals surface area (Å²) in [5.41, 5.74) is 1.48. The summed E-state index contributed by atoms with van der Waals surface area (Å²) in [4.78, 5) is 45.3. The molecule has 1 aromatic carbocycles. The largest absolute Gasteiger partial charge is 0.497 e. The van der Waals surface area contributed by atoms with E-state index in [1.165, 1.54) is 0 Å². The molecule has 8 nitrogen and oxygen atoms in total. The van der Waals surface area contributed by atoms with Crippen LogP contribution in [0.25, 0.3) is 10.9 Å². The van der Waals surface area contributed by atoms with Crippen LogP contribution in [0.1, 0.15) is 44.9 Å². The lowest BCUT2D eigenvalue weighted by molar-refractivity contribution is -0.139. The average Bonchev–Trinajstić information content (AvgIpc) is 3.21. The molecule has 2 N–H and O–H groups in total. The standard InChI is InChI=1S/C22H28N4O4/c1-5-6-10-23-19(27)13(2)26-20(28)22(3)18-15(9-11-25(22)21(26)29)16-12-14(30-4)7-8-17(16)24-18/h7-8,12-13,24H,5-6,9-11H2,1-4H3,(H,23,27)/t13-,22+/m0/s1. The van der Waals surface area contributed by atoms with E-state index in [-0.39, 0.29) is 11.8 Å². The SMILES string of the molecule is CCCCNC(=O)[C@H](C)N1C(=O)N2CCc3c([nH]c4ccc(OC)cc34)[C@]2(C)C1=O. The zero-order valence-corrected chi connectivity index (χ0v) is 17.9. The van der Waals surface area contributed by atoms with Gasteiger partial charge >= 0.3 is 6.03 Å². The molecule has 2 atom stereocenters. The number of nitrogens with one attached hydrogen (secondary N) is 2. The fraction of sp³-hybridized carbons (Fsp3) is 0.500. The molecular formula is C22H28N4O4. The smallest absolute Gasteiger partial charge is 0.328 e. The maximum Gasteiger partial charge on any atom is 0.328 e. The second kappa shape index (κ2) is 7.34. The third-order valence-corrected chi connectivity index (χ3v) is 6.39. The van der Waals surface area contributed by atoms with Crippen molar-refractivity contribution in [3.63, 3.8) is 0 Å². The summed E-state index contributed by atoms with van der Waals surface area (Å²) in [6, 6.07) is 4.45. The van der Waals surface area contributed by atoms with Crippen LogP contribution in [0, 0.1) is 0 Å². The van der Waals surface area contributed by atoms with Gasteiger partial charge in [0.1, 0.15) is 11.8 Å². The number of aromatic nitrogens is 1. The van der Waals surface area contributed by atoms with Crippen molar-refractivity contribution in [2.24, 2.45) is 0 Å². The van der Waals surface area contributed by atoms with Gasteiger partial charge in [-0.05, 0) is 50.5 Å². The van der Waals surface area contributed by atoms with E-state index in [1.54, 1.807) is 25.9 Å². The second-order valence-electron chi connectivity index (χ2n) is 8.14. The molecule has 0 bridgehead atoms. The van der Waals surface area contributed by atoms with Gasteiger partial charge in [-0.25, -0.2) is 9.69 Å². The fourth-order valence-electron chi connectivity index (χ4n) is 4.57. The molecule has 2 aromatic rings. The lowest BCUT2D eigenvalue weighted by Gasteiger charge is -2.36. The van der Waals surface area contributed by atoms with Gasteiger partial charge in [-0.2, -0.15) is 0 Å². The minimum Gasteiger partial charge on any atom is -0.497 e. The predicted molar refractivity (Wildman–Crippen MR) is 112 cm³/mol. The molecule has 0 aliphatic carbocycles. The van der Waals surface area contributed by atoms with Crippen LogP contribution >= 0.6 is 0 Å². The molecule has 2 aliphatic rings. The van der Waals surface area contributed by atoms with Crippen LogP contribution in [0.3, 0.4) is 0 Å². The first-order valence-electron chi connectivity index (χ1n) is 10.5. The summed E-state index contributed by atoms with van der Waals surface area (Å²) < 4.78 is 5.35. The maximum absolute atomic E-state index is 13.5. The number of hydrogen-bond acceptors (Lipinski definition) is 4. The van der Waals surface area contributed by atoms with Crippen LogP contribution in [0.5, 0.6) is 5.75 Å². The van der Waals surface area contributed by atoms with E-state index in [2.05, 4.69) is 10.3 Å². The molecule has 0 radical (unpaired) electrons. The van der Waals surface area contributed by atoms with E-state index in [4.69, 9.17) is 4.74 Å². The zero-order chi connectivity index (χ0) is 21.6. The van der Waals surface area contributed by atoms with Crippen LogP contribution in [-0.4, -0.2) is 58.9 Å². The van der Waals surface area contributed by atoms with Gasteiger partial charge in [-0.1, -0.05) is 13.3 Å². The van der Waals surface area contributed by atoms with Gasteiger partial charge in [0.25, 0.3) is 5.91 Å². The first-order valence-corrected chi connectivity index (χ1v) is 10.5. The molecule has 1 saturated heterocycles. The first-order chi connectivity index (χ1) is 14.3. The summed E-state index contributed by atoms with van der Waals surface area (Å²) in [5.74, 6) is 0.0602. The first kappa shape index (κ1) is 20.3. The Balaban J connectivity index is 1.71. The van der Waals surface area contributed by atoms with Gasteiger partial charge in [0, 0.05) is 24.0 Å². The summed E-state index contributed by atoms with van der Waals surface area (Å²) in [6.07, 6.45) is 2.43. The summed E-state index contributed by atoms with van der Waals surface area (Å²) in [5, 5.41) is 3.82. The minimum absolute atomic E-state index is 0.310. The van der Waals surface area contributed by atoms with Crippen molar-refractivity contribution in [2.75, 3.05) is 20.2 Å². The van der Waals surface area contributed by atoms with Crippen molar-refractivity contribution < 1.29 is 19.1 Å². The van der Waals surface area contributed by atoms with Crippen LogP contribution < -0.4 is 10.1 Å². The predicted octanol–water partition coefficient (Wildman–Crippen LogP) is 2.52. The lowest BCUT2D eigenvalue weighted by Crippen LogP contribution is -2.50. The van der Waals surface area contributed by atoms with Crippen LogP contribution in [-0.2, 0) is 21.5 Å². The van der Waals surface area contributed by atoms with E-state index < -0.39 is 17.6 Å². The Labute approximate surface area is 175 Å². The molecule has 0 spiro atoms. The zero-order valence-electron chi connectivity index (χ0n) is 17.9. The van der Waals surface area contributed by atoms with Crippen molar-refractivity contribution >= 4 is 28.7 Å². The maximum atomic E-state index is 13.5. The number of H-pyrrole nitrogens is 1. The van der Waals surface area contributed by atoms with Crippen molar-refractivity contribution in [1.82, 2.24) is 20.1 Å². The molecule has 2 aliphatic heterocycles.